The number of hydroxylamine groups is 1. The molecule has 1 aliphatic carbocycles. The monoisotopic (exact) mass is 769 g/mol. The number of nitrogens with one attached hydrogen (secondary N) is 1. The molecule has 0 radical (unpaired) electrons. The van der Waals surface area contributed by atoms with Gasteiger partial charge in [0.2, 0.25) is 0 Å². The summed E-state index contributed by atoms with van der Waals surface area (Å²) in [6.07, 6.45) is 12.5. The first-order valence-electron chi connectivity index (χ1n) is 17.6. The average Bonchev–Trinajstić information content (AvgIpc) is 3.63. The van der Waals surface area contributed by atoms with Crippen molar-refractivity contribution in [3.05, 3.63) is 83.6 Å². The lowest BCUT2D eigenvalue weighted by molar-refractivity contribution is -0.432. The van der Waals surface area contributed by atoms with E-state index in [1.54, 1.807) is 6.07 Å². The van der Waals surface area contributed by atoms with Crippen LogP contribution in [0.4, 0.5) is 11.4 Å². The maximum absolute atomic E-state index is 12.2. The minimum absolute atomic E-state index is 0.0679. The first kappa shape index (κ1) is 40.4. The van der Waals surface area contributed by atoms with Gasteiger partial charge in [-0.15, -0.1) is 9.81 Å². The first-order chi connectivity index (χ1) is 25.1. The average molecular weight is 770 g/mol. The third-order valence-electron chi connectivity index (χ3n) is 10.3. The normalized spacial score (nSPS) is 20.4. The van der Waals surface area contributed by atoms with E-state index in [0.717, 1.165) is 51.7 Å². The summed E-state index contributed by atoms with van der Waals surface area (Å²) in [5.74, 6) is -1.10. The summed E-state index contributed by atoms with van der Waals surface area (Å²) in [4.78, 5) is 45.9. The number of hydrogen-bond donors (Lipinski definition) is 3. The zero-order valence-corrected chi connectivity index (χ0v) is 32.2. The van der Waals surface area contributed by atoms with Crippen LogP contribution < -0.4 is 15.3 Å². The summed E-state index contributed by atoms with van der Waals surface area (Å²) in [6.45, 7) is 11.9. The molecular weight excluding hydrogens is 723 g/mol. The second-order valence-corrected chi connectivity index (χ2v) is 16.6. The Morgan fingerprint density at radius 2 is 1.70 bits per heavy atom. The van der Waals surface area contributed by atoms with Gasteiger partial charge in [0.25, 0.3) is 10.1 Å². The second-order valence-electron chi connectivity index (χ2n) is 14.4. The fraction of sp³-hybridized carbons (Fsp3) is 0.447. The maximum Gasteiger partial charge on any atom is 0.324 e. The van der Waals surface area contributed by atoms with Gasteiger partial charge in [0, 0.05) is 65.1 Å². The van der Waals surface area contributed by atoms with E-state index >= 15 is 0 Å². The molecule has 1 atom stereocenters. The number of nitrogens with zero attached hydrogens (tertiary/aromatic N) is 2. The Kier molecular flexibility index (Phi) is 12.7. The number of ketones is 2. The van der Waals surface area contributed by atoms with Crippen molar-refractivity contribution in [1.29, 1.82) is 0 Å². The SMILES string of the molecule is CCN1c2ccc(SOOO)cc2C(C)(C)C1C=CC=CC=C1N(CCCCCC(=O)ONC2C(=O)CCC2=O)c2ccc(S(=O)(=O)O)cc2C1(C)C. The van der Waals surface area contributed by atoms with Crippen molar-refractivity contribution < 1.29 is 46.8 Å². The van der Waals surface area contributed by atoms with Crippen molar-refractivity contribution in [1.82, 2.24) is 5.48 Å². The number of hydrogen-bond acceptors (Lipinski definition) is 13. The molecule has 1 saturated carbocycles. The largest absolute Gasteiger partial charge is 0.370 e. The number of rotatable bonds is 16. The molecule has 15 heteroatoms. The van der Waals surface area contributed by atoms with Gasteiger partial charge in [0.15, 0.2) is 17.6 Å². The van der Waals surface area contributed by atoms with E-state index in [1.165, 1.54) is 12.1 Å². The van der Waals surface area contributed by atoms with Crippen LogP contribution >= 0.6 is 12.0 Å². The maximum atomic E-state index is 12.2. The van der Waals surface area contributed by atoms with Gasteiger partial charge in [0.1, 0.15) is 0 Å². The number of likely N-dealkylation sites (N-methyl/N-ethyl adjacent to an activating group) is 1. The molecule has 5 rings (SSSR count). The van der Waals surface area contributed by atoms with E-state index in [0.29, 0.717) is 25.8 Å². The molecule has 3 N–H and O–H groups in total. The molecule has 3 aliphatic rings. The Morgan fingerprint density at radius 1 is 0.981 bits per heavy atom. The highest BCUT2D eigenvalue weighted by Crippen LogP contribution is 2.49. The lowest BCUT2D eigenvalue weighted by Crippen LogP contribution is -2.39. The van der Waals surface area contributed by atoms with Gasteiger partial charge in [-0.25, -0.2) is 5.26 Å². The number of carbonyl (C=O) groups excluding carboxylic acids is 3. The fourth-order valence-electron chi connectivity index (χ4n) is 7.47. The zero-order chi connectivity index (χ0) is 38.6. The molecule has 0 spiro atoms. The predicted octanol–water partition coefficient (Wildman–Crippen LogP) is 6.55. The molecule has 0 amide bonds. The number of unbranched alkanes of at least 4 members (excludes halogenated alkanes) is 2. The molecule has 1 unspecified atom stereocenters. The molecule has 2 aromatic rings. The molecule has 0 saturated heterocycles. The lowest BCUT2D eigenvalue weighted by Gasteiger charge is -2.31. The van der Waals surface area contributed by atoms with Gasteiger partial charge in [-0.05, 0) is 73.4 Å². The van der Waals surface area contributed by atoms with E-state index in [2.05, 4.69) is 51.5 Å². The van der Waals surface area contributed by atoms with Crippen molar-refractivity contribution in [2.75, 3.05) is 22.9 Å². The van der Waals surface area contributed by atoms with Crippen LogP contribution in [0.25, 0.3) is 0 Å². The third-order valence-corrected chi connectivity index (χ3v) is 11.7. The fourth-order valence-corrected chi connectivity index (χ4v) is 8.38. The highest BCUT2D eigenvalue weighted by atomic mass is 32.2. The summed E-state index contributed by atoms with van der Waals surface area (Å²) < 4.78 is 38.5. The van der Waals surface area contributed by atoms with Crippen LogP contribution in [0.2, 0.25) is 0 Å². The van der Waals surface area contributed by atoms with Crippen LogP contribution in [-0.2, 0) is 49.5 Å². The summed E-state index contributed by atoms with van der Waals surface area (Å²) >= 11 is 0.933. The molecule has 0 aromatic heterocycles. The molecule has 0 bridgehead atoms. The van der Waals surface area contributed by atoms with Crippen LogP contribution in [0.5, 0.6) is 0 Å². The van der Waals surface area contributed by atoms with Gasteiger partial charge >= 0.3 is 5.97 Å². The van der Waals surface area contributed by atoms with Crippen LogP contribution in [0, 0.1) is 0 Å². The number of Topliss-reactive ketones (excluding diaryl/α,β-unsaturated/α-hetero) is 2. The Hall–Kier alpha value is -3.83. The first-order valence-corrected chi connectivity index (χ1v) is 19.8. The summed E-state index contributed by atoms with van der Waals surface area (Å²) in [6, 6.07) is 9.65. The lowest BCUT2D eigenvalue weighted by atomic mass is 9.80. The van der Waals surface area contributed by atoms with Gasteiger partial charge in [0.05, 0.1) is 23.0 Å². The van der Waals surface area contributed by atoms with E-state index in [-0.39, 0.29) is 47.2 Å². The zero-order valence-electron chi connectivity index (χ0n) is 30.5. The van der Waals surface area contributed by atoms with E-state index in [1.807, 2.05) is 56.4 Å². The third kappa shape index (κ3) is 8.78. The highest BCUT2D eigenvalue weighted by molar-refractivity contribution is 7.94. The Bertz CT molecular complexity index is 1910. The smallest absolute Gasteiger partial charge is 0.324 e. The Balaban J connectivity index is 1.28. The summed E-state index contributed by atoms with van der Waals surface area (Å²) in [5.41, 5.74) is 6.33. The molecule has 13 nitrogen and oxygen atoms in total. The van der Waals surface area contributed by atoms with Crippen molar-refractivity contribution in [2.45, 2.75) is 106 Å². The van der Waals surface area contributed by atoms with Gasteiger partial charge < -0.3 is 14.6 Å². The molecule has 2 aromatic carbocycles. The number of carbonyl (C=O) groups is 3. The van der Waals surface area contributed by atoms with E-state index in [4.69, 9.17) is 10.1 Å². The van der Waals surface area contributed by atoms with Crippen LogP contribution in [0.15, 0.2) is 82.3 Å². The van der Waals surface area contributed by atoms with Gasteiger partial charge in [-0.2, -0.15) is 8.42 Å². The van der Waals surface area contributed by atoms with Crippen molar-refractivity contribution in [3.8, 4) is 0 Å². The minimum Gasteiger partial charge on any atom is -0.370 e. The van der Waals surface area contributed by atoms with Crippen LogP contribution in [0.1, 0.15) is 84.3 Å². The number of anilines is 2. The molecule has 286 valence electrons. The molecule has 1 fully saturated rings. The molecular formula is C38H47N3O10S2. The molecule has 2 heterocycles. The highest BCUT2D eigenvalue weighted by Gasteiger charge is 2.43. The summed E-state index contributed by atoms with van der Waals surface area (Å²) in [7, 11) is -4.41. The van der Waals surface area contributed by atoms with Crippen molar-refractivity contribution >= 4 is 51.1 Å². The molecule has 2 aliphatic heterocycles. The quantitative estimate of drug-likeness (QED) is 0.0319. The molecule has 53 heavy (non-hydrogen) atoms. The minimum atomic E-state index is -4.41. The van der Waals surface area contributed by atoms with Crippen LogP contribution in [-0.4, -0.2) is 60.9 Å². The Labute approximate surface area is 314 Å². The number of allylic oxidation sites excluding steroid dienone is 5. The van der Waals surface area contributed by atoms with Crippen molar-refractivity contribution in [2.24, 2.45) is 0 Å². The number of benzene rings is 2. The standard InChI is InChI=1S/C38H47N3O10S2/c1-6-40-29-18-16-25(52-51-50-45)23-27(29)37(2,3)33(40)13-9-7-10-14-34-38(4,5)28-24-26(53(46,47)48)17-19-30(28)41(34)22-12-8-11-15-35(44)49-39-36-31(42)20-21-32(36)43/h7,9-10,13-14,16-19,23-24,33,36,39,45H,6,8,11-12,15,20-22H2,1-5H3,(H,46,47,48). The second kappa shape index (κ2) is 16.7. The van der Waals surface area contributed by atoms with Gasteiger partial charge in [-0.3, -0.25) is 18.9 Å². The van der Waals surface area contributed by atoms with Gasteiger partial charge in [-0.1, -0.05) is 63.5 Å². The van der Waals surface area contributed by atoms with E-state index < -0.39 is 27.5 Å². The van der Waals surface area contributed by atoms with E-state index in [9.17, 15) is 27.4 Å². The predicted molar refractivity (Wildman–Crippen MR) is 201 cm³/mol. The van der Waals surface area contributed by atoms with Crippen molar-refractivity contribution in [3.63, 3.8) is 0 Å². The van der Waals surface area contributed by atoms with Crippen LogP contribution in [0.3, 0.4) is 0 Å². The summed E-state index contributed by atoms with van der Waals surface area (Å²) in [5, 5.41) is 12.3. The number of fused-ring (bicyclic) bond motifs is 2. The topological polar surface area (TPSA) is 172 Å². The Morgan fingerprint density at radius 3 is 2.38 bits per heavy atom.